The molecule has 0 saturated carbocycles. The van der Waals surface area contributed by atoms with E-state index < -0.39 is 0 Å². The zero-order valence-electron chi connectivity index (χ0n) is 25.9. The number of nitrogens with one attached hydrogen (secondary N) is 1. The lowest BCUT2D eigenvalue weighted by Gasteiger charge is -2.45. The first-order valence-corrected chi connectivity index (χ1v) is 16.0. The van der Waals surface area contributed by atoms with Gasteiger partial charge in [0.1, 0.15) is 0 Å². The molecule has 3 heteroatoms. The first-order chi connectivity index (χ1) is 20.8. The predicted molar refractivity (Wildman–Crippen MR) is 179 cm³/mol. The number of hydrogen-bond acceptors (Lipinski definition) is 3. The summed E-state index contributed by atoms with van der Waals surface area (Å²) in [4.78, 5) is 7.74. The highest BCUT2D eigenvalue weighted by atomic mass is 15.4. The predicted octanol–water partition coefficient (Wildman–Crippen LogP) is 8.75. The Hall–Kier alpha value is -4.11. The van der Waals surface area contributed by atoms with E-state index in [1.807, 2.05) is 6.21 Å². The molecular weight excluding hydrogens is 522 g/mol. The Morgan fingerprint density at radius 3 is 2.47 bits per heavy atom. The van der Waals surface area contributed by atoms with Crippen LogP contribution in [0.25, 0.3) is 16.8 Å². The van der Waals surface area contributed by atoms with Crippen molar-refractivity contribution in [3.05, 3.63) is 136 Å². The molecule has 0 amide bonds. The van der Waals surface area contributed by atoms with Gasteiger partial charge in [0.2, 0.25) is 0 Å². The highest BCUT2D eigenvalue weighted by Crippen LogP contribution is 2.55. The molecule has 0 saturated heterocycles. The van der Waals surface area contributed by atoms with Crippen LogP contribution in [0.5, 0.6) is 0 Å². The van der Waals surface area contributed by atoms with Gasteiger partial charge in [-0.05, 0) is 81.3 Å². The molecule has 0 spiro atoms. The van der Waals surface area contributed by atoms with Gasteiger partial charge >= 0.3 is 0 Å². The summed E-state index contributed by atoms with van der Waals surface area (Å²) in [6.45, 7) is 12.0. The van der Waals surface area contributed by atoms with Crippen molar-refractivity contribution >= 4 is 11.9 Å². The molecule has 43 heavy (non-hydrogen) atoms. The van der Waals surface area contributed by atoms with Crippen LogP contribution in [0.2, 0.25) is 0 Å². The Morgan fingerprint density at radius 1 is 0.860 bits per heavy atom. The minimum Gasteiger partial charge on any atom is -0.346 e. The average molecular weight is 564 g/mol. The third kappa shape index (κ3) is 3.83. The van der Waals surface area contributed by atoms with Gasteiger partial charge in [0.15, 0.2) is 6.29 Å². The van der Waals surface area contributed by atoms with E-state index in [0.29, 0.717) is 17.9 Å². The van der Waals surface area contributed by atoms with E-state index in [1.54, 1.807) is 5.57 Å². The molecule has 3 aromatic carbocycles. The van der Waals surface area contributed by atoms with E-state index in [9.17, 15) is 0 Å². The van der Waals surface area contributed by atoms with E-state index in [1.165, 1.54) is 44.7 Å². The Kier molecular flexibility index (Phi) is 5.82. The lowest BCUT2D eigenvalue weighted by Crippen LogP contribution is -2.50. The van der Waals surface area contributed by atoms with Crippen molar-refractivity contribution in [3.8, 4) is 11.1 Å². The fourth-order valence-electron chi connectivity index (χ4n) is 8.60. The first kappa shape index (κ1) is 26.5. The van der Waals surface area contributed by atoms with Gasteiger partial charge in [0.05, 0.1) is 6.04 Å². The number of allylic oxidation sites excluding steroid dienone is 4. The van der Waals surface area contributed by atoms with Crippen molar-refractivity contribution in [2.75, 3.05) is 0 Å². The Balaban J connectivity index is 1.16. The van der Waals surface area contributed by atoms with Crippen molar-refractivity contribution in [3.63, 3.8) is 0 Å². The Labute approximate surface area is 256 Å². The van der Waals surface area contributed by atoms with E-state index in [4.69, 9.17) is 4.99 Å². The second-order valence-electron chi connectivity index (χ2n) is 14.0. The van der Waals surface area contributed by atoms with Gasteiger partial charge in [-0.1, -0.05) is 120 Å². The van der Waals surface area contributed by atoms with Gasteiger partial charge in [-0.2, -0.15) is 0 Å². The molecule has 0 bridgehead atoms. The summed E-state index contributed by atoms with van der Waals surface area (Å²) in [7, 11) is 0. The van der Waals surface area contributed by atoms with Crippen molar-refractivity contribution in [1.29, 1.82) is 0 Å². The molecule has 0 aromatic heterocycles. The molecule has 5 atom stereocenters. The SMILES string of the molecule is CC1C=CC=C2C3=C(CC(C)(c4ccccc4)C(C)C3)N(C3N=CC=C(c4ccc5c(c4)C(C)(C)c4ccccc4-5)N3)C21. The van der Waals surface area contributed by atoms with Crippen LogP contribution in [0.4, 0.5) is 0 Å². The summed E-state index contributed by atoms with van der Waals surface area (Å²) in [5.74, 6) is 0.961. The standard InChI is InChI=1S/C40H41N3/c1-25-12-11-16-31-32-22-26(2)40(5,28-13-7-6-8-14-28)24-36(32)43(37(25)31)38-41-21-20-35(42-38)27-18-19-30-29-15-9-10-17-33(29)39(3,4)34(30)23-27/h6-21,23,25-26,37-38,42H,22,24H2,1-5H3. The maximum Gasteiger partial charge on any atom is 0.196 e. The molecule has 2 aliphatic heterocycles. The summed E-state index contributed by atoms with van der Waals surface area (Å²) in [6.07, 6.45) is 13.2. The Morgan fingerprint density at radius 2 is 1.63 bits per heavy atom. The van der Waals surface area contributed by atoms with Crippen molar-refractivity contribution in [1.82, 2.24) is 10.2 Å². The number of rotatable bonds is 3. The highest BCUT2D eigenvalue weighted by Gasteiger charge is 2.50. The van der Waals surface area contributed by atoms with Gasteiger partial charge < -0.3 is 10.2 Å². The first-order valence-electron chi connectivity index (χ1n) is 16.0. The number of hydrogen-bond donors (Lipinski definition) is 1. The van der Waals surface area contributed by atoms with E-state index >= 15 is 0 Å². The summed E-state index contributed by atoms with van der Waals surface area (Å²) >= 11 is 0. The minimum absolute atomic E-state index is 0.0242. The van der Waals surface area contributed by atoms with Crippen LogP contribution in [0.1, 0.15) is 69.7 Å². The number of fused-ring (bicyclic) bond motifs is 5. The van der Waals surface area contributed by atoms with E-state index in [0.717, 1.165) is 18.5 Å². The van der Waals surface area contributed by atoms with Crippen molar-refractivity contribution in [2.24, 2.45) is 16.8 Å². The molecule has 216 valence electrons. The molecule has 3 aliphatic carbocycles. The second kappa shape index (κ2) is 9.44. The van der Waals surface area contributed by atoms with Crippen LogP contribution >= 0.6 is 0 Å². The largest absolute Gasteiger partial charge is 0.346 e. The molecule has 1 N–H and O–H groups in total. The number of aliphatic imine (C=N–C) groups is 1. The quantitative estimate of drug-likeness (QED) is 0.345. The van der Waals surface area contributed by atoms with Crippen LogP contribution in [0.3, 0.4) is 0 Å². The van der Waals surface area contributed by atoms with Crippen LogP contribution in [0.15, 0.2) is 119 Å². The molecule has 5 aliphatic rings. The average Bonchev–Trinajstić information content (AvgIpc) is 3.46. The summed E-state index contributed by atoms with van der Waals surface area (Å²) in [6, 6.07) is 27.3. The minimum atomic E-state index is -0.151. The van der Waals surface area contributed by atoms with Gasteiger partial charge in [-0.15, -0.1) is 0 Å². The number of benzene rings is 3. The van der Waals surface area contributed by atoms with E-state index in [-0.39, 0.29) is 17.1 Å². The fourth-order valence-corrected chi connectivity index (χ4v) is 8.60. The van der Waals surface area contributed by atoms with Crippen molar-refractivity contribution in [2.45, 2.75) is 70.6 Å². The zero-order chi connectivity index (χ0) is 29.5. The molecule has 2 heterocycles. The van der Waals surface area contributed by atoms with Gasteiger partial charge in [-0.25, -0.2) is 4.99 Å². The fraction of sp³-hybridized carbons (Fsp3) is 0.325. The molecule has 0 radical (unpaired) electrons. The molecule has 3 nitrogen and oxygen atoms in total. The summed E-state index contributed by atoms with van der Waals surface area (Å²) in [5, 5.41) is 3.92. The van der Waals surface area contributed by atoms with E-state index in [2.05, 4.69) is 142 Å². The zero-order valence-corrected chi connectivity index (χ0v) is 25.9. The van der Waals surface area contributed by atoms with Gasteiger partial charge in [0, 0.05) is 28.4 Å². The molecular formula is C40H41N3. The Bertz CT molecular complexity index is 1790. The lowest BCUT2D eigenvalue weighted by atomic mass is 9.63. The lowest BCUT2D eigenvalue weighted by molar-refractivity contribution is 0.159. The molecule has 3 aromatic rings. The summed E-state index contributed by atoms with van der Waals surface area (Å²) in [5.41, 5.74) is 13.9. The topological polar surface area (TPSA) is 27.6 Å². The summed E-state index contributed by atoms with van der Waals surface area (Å²) < 4.78 is 0. The number of nitrogens with zero attached hydrogens (tertiary/aromatic N) is 2. The van der Waals surface area contributed by atoms with Crippen LogP contribution in [-0.4, -0.2) is 23.4 Å². The van der Waals surface area contributed by atoms with Crippen LogP contribution in [0, 0.1) is 11.8 Å². The molecule has 5 unspecified atom stereocenters. The van der Waals surface area contributed by atoms with Gasteiger partial charge in [0.25, 0.3) is 0 Å². The third-order valence-corrected chi connectivity index (χ3v) is 11.3. The van der Waals surface area contributed by atoms with Crippen LogP contribution < -0.4 is 5.32 Å². The smallest absolute Gasteiger partial charge is 0.196 e. The van der Waals surface area contributed by atoms with Crippen LogP contribution in [-0.2, 0) is 10.8 Å². The normalized spacial score (nSPS) is 29.7. The van der Waals surface area contributed by atoms with Gasteiger partial charge in [-0.3, -0.25) is 0 Å². The second-order valence-corrected chi connectivity index (χ2v) is 14.0. The van der Waals surface area contributed by atoms with Crippen molar-refractivity contribution < 1.29 is 0 Å². The maximum absolute atomic E-state index is 5.10. The highest BCUT2D eigenvalue weighted by molar-refractivity contribution is 5.88. The third-order valence-electron chi connectivity index (χ3n) is 11.3. The monoisotopic (exact) mass is 563 g/mol. The maximum atomic E-state index is 5.10. The molecule has 0 fully saturated rings. The molecule has 8 rings (SSSR count).